The zero-order valence-electron chi connectivity index (χ0n) is 7.62. The molecule has 1 atom stereocenters. The van der Waals surface area contributed by atoms with Crippen molar-refractivity contribution in [2.45, 2.75) is 32.5 Å². The highest BCUT2D eigenvalue weighted by molar-refractivity contribution is 5.67. The summed E-state index contributed by atoms with van der Waals surface area (Å²) >= 11 is 0. The molecule has 0 fully saturated rings. The summed E-state index contributed by atoms with van der Waals surface area (Å²) in [5.41, 5.74) is 0. The van der Waals surface area contributed by atoms with Crippen LogP contribution in [0.1, 0.15) is 26.2 Å². The summed E-state index contributed by atoms with van der Waals surface area (Å²) in [5.74, 6) is 0. The molecule has 13 heavy (non-hydrogen) atoms. The topological polar surface area (TPSA) is 82.3 Å². The molecule has 0 bridgehead atoms. The normalized spacial score (nSPS) is 11.5. The van der Waals surface area contributed by atoms with Gasteiger partial charge in [-0.3, -0.25) is 0 Å². The SMILES string of the molecule is CCCCCNC(=O)OC(O)C#N. The van der Waals surface area contributed by atoms with Gasteiger partial charge in [0.25, 0.3) is 6.29 Å². The number of nitrogens with zero attached hydrogens (tertiary/aromatic N) is 1. The molecule has 0 spiro atoms. The molecule has 5 nitrogen and oxygen atoms in total. The van der Waals surface area contributed by atoms with Gasteiger partial charge in [0.2, 0.25) is 0 Å². The van der Waals surface area contributed by atoms with Crippen molar-refractivity contribution in [2.24, 2.45) is 0 Å². The maximum absolute atomic E-state index is 10.7. The molecule has 74 valence electrons. The van der Waals surface area contributed by atoms with E-state index >= 15 is 0 Å². The van der Waals surface area contributed by atoms with Crippen molar-refractivity contribution in [2.75, 3.05) is 6.54 Å². The van der Waals surface area contributed by atoms with Gasteiger partial charge in [-0.15, -0.1) is 0 Å². The Kier molecular flexibility index (Phi) is 6.65. The van der Waals surface area contributed by atoms with Gasteiger partial charge in [-0.1, -0.05) is 19.8 Å². The van der Waals surface area contributed by atoms with Crippen molar-refractivity contribution in [1.29, 1.82) is 5.26 Å². The zero-order valence-corrected chi connectivity index (χ0v) is 7.62. The van der Waals surface area contributed by atoms with E-state index in [1.165, 1.54) is 6.07 Å². The third kappa shape index (κ3) is 7.09. The molecule has 0 aromatic rings. The number of rotatable bonds is 5. The number of nitriles is 1. The molecule has 1 amide bonds. The minimum absolute atomic E-state index is 0.505. The van der Waals surface area contributed by atoms with E-state index in [-0.39, 0.29) is 0 Å². The Morgan fingerprint density at radius 2 is 2.38 bits per heavy atom. The van der Waals surface area contributed by atoms with Gasteiger partial charge >= 0.3 is 6.09 Å². The predicted octanol–water partition coefficient (Wildman–Crippen LogP) is 0.745. The van der Waals surface area contributed by atoms with Gasteiger partial charge in [-0.25, -0.2) is 4.79 Å². The fourth-order valence-electron chi connectivity index (χ4n) is 0.735. The molecule has 0 aliphatic rings. The van der Waals surface area contributed by atoms with Crippen LogP contribution in [0.15, 0.2) is 0 Å². The standard InChI is InChI=1S/C8H14N2O3/c1-2-3-4-5-10-8(12)13-7(11)6-9/h7,11H,2-5H2,1H3,(H,10,12). The Hall–Kier alpha value is -1.28. The lowest BCUT2D eigenvalue weighted by Gasteiger charge is -2.06. The number of carbonyl (C=O) groups excluding carboxylic acids is 1. The maximum atomic E-state index is 10.7. The molecule has 0 aliphatic carbocycles. The molecule has 0 heterocycles. The van der Waals surface area contributed by atoms with E-state index in [1.54, 1.807) is 0 Å². The van der Waals surface area contributed by atoms with E-state index in [9.17, 15) is 4.79 Å². The lowest BCUT2D eigenvalue weighted by molar-refractivity contribution is -0.0102. The predicted molar refractivity (Wildman–Crippen MR) is 45.6 cm³/mol. The van der Waals surface area contributed by atoms with Crippen LogP contribution in [0.25, 0.3) is 0 Å². The first kappa shape index (κ1) is 11.7. The Morgan fingerprint density at radius 1 is 1.69 bits per heavy atom. The molecule has 0 aromatic heterocycles. The summed E-state index contributed by atoms with van der Waals surface area (Å²) < 4.78 is 4.22. The van der Waals surface area contributed by atoms with E-state index in [0.29, 0.717) is 6.54 Å². The quantitative estimate of drug-likeness (QED) is 0.377. The monoisotopic (exact) mass is 186 g/mol. The third-order valence-electron chi connectivity index (χ3n) is 1.38. The largest absolute Gasteiger partial charge is 0.410 e. The summed E-state index contributed by atoms with van der Waals surface area (Å²) in [6.45, 7) is 2.56. The number of alkyl carbamates (subject to hydrolysis) is 1. The number of amides is 1. The second-order valence-corrected chi connectivity index (χ2v) is 2.52. The lowest BCUT2D eigenvalue weighted by Crippen LogP contribution is -2.28. The van der Waals surface area contributed by atoms with Crippen LogP contribution in [-0.2, 0) is 4.74 Å². The van der Waals surface area contributed by atoms with Gasteiger partial charge in [0, 0.05) is 6.54 Å². The van der Waals surface area contributed by atoms with Crippen LogP contribution in [0.4, 0.5) is 4.79 Å². The van der Waals surface area contributed by atoms with E-state index in [2.05, 4.69) is 17.0 Å². The third-order valence-corrected chi connectivity index (χ3v) is 1.38. The number of aliphatic hydroxyl groups is 1. The van der Waals surface area contributed by atoms with E-state index in [0.717, 1.165) is 19.3 Å². The minimum Gasteiger partial charge on any atom is -0.406 e. The molecule has 0 radical (unpaired) electrons. The van der Waals surface area contributed by atoms with Crippen molar-refractivity contribution in [3.05, 3.63) is 0 Å². The van der Waals surface area contributed by atoms with Crippen LogP contribution >= 0.6 is 0 Å². The Bertz CT molecular complexity index is 188. The van der Waals surface area contributed by atoms with E-state index in [1.807, 2.05) is 0 Å². The molecule has 0 saturated heterocycles. The smallest absolute Gasteiger partial charge is 0.406 e. The molecule has 0 aromatic carbocycles. The number of carbonyl (C=O) groups is 1. The Balaban J connectivity index is 3.36. The summed E-state index contributed by atoms with van der Waals surface area (Å²) in [6, 6.07) is 1.37. The summed E-state index contributed by atoms with van der Waals surface area (Å²) in [4.78, 5) is 10.7. The Labute approximate surface area is 77.3 Å². The molecule has 1 unspecified atom stereocenters. The first-order chi connectivity index (χ1) is 6.20. The van der Waals surface area contributed by atoms with E-state index in [4.69, 9.17) is 10.4 Å². The number of hydrogen-bond donors (Lipinski definition) is 2. The highest BCUT2D eigenvalue weighted by Gasteiger charge is 2.07. The van der Waals surface area contributed by atoms with Crippen molar-refractivity contribution in [3.8, 4) is 6.07 Å². The summed E-state index contributed by atoms with van der Waals surface area (Å²) in [5, 5.41) is 19.1. The first-order valence-corrected chi connectivity index (χ1v) is 4.23. The zero-order chi connectivity index (χ0) is 10.1. The van der Waals surface area contributed by atoms with Crippen LogP contribution in [-0.4, -0.2) is 24.0 Å². The van der Waals surface area contributed by atoms with Crippen molar-refractivity contribution in [1.82, 2.24) is 5.32 Å². The van der Waals surface area contributed by atoms with Crippen LogP contribution in [0.3, 0.4) is 0 Å². The van der Waals surface area contributed by atoms with Crippen LogP contribution in [0, 0.1) is 11.3 Å². The van der Waals surface area contributed by atoms with Crippen LogP contribution in [0.2, 0.25) is 0 Å². The Morgan fingerprint density at radius 3 is 2.92 bits per heavy atom. The second kappa shape index (κ2) is 7.37. The number of ether oxygens (including phenoxy) is 1. The average molecular weight is 186 g/mol. The molecule has 0 aliphatic heterocycles. The average Bonchev–Trinajstić information content (AvgIpc) is 2.12. The van der Waals surface area contributed by atoms with Gasteiger partial charge in [-0.2, -0.15) is 5.26 Å². The number of aliphatic hydroxyl groups excluding tert-OH is 1. The molecule has 5 heteroatoms. The molecule has 0 saturated carbocycles. The van der Waals surface area contributed by atoms with Crippen molar-refractivity contribution < 1.29 is 14.6 Å². The summed E-state index contributed by atoms with van der Waals surface area (Å²) in [7, 11) is 0. The second-order valence-electron chi connectivity index (χ2n) is 2.52. The highest BCUT2D eigenvalue weighted by atomic mass is 16.6. The number of unbranched alkanes of at least 4 members (excludes halogenated alkanes) is 2. The van der Waals surface area contributed by atoms with Crippen LogP contribution in [0.5, 0.6) is 0 Å². The van der Waals surface area contributed by atoms with Crippen molar-refractivity contribution >= 4 is 6.09 Å². The van der Waals surface area contributed by atoms with Crippen molar-refractivity contribution in [3.63, 3.8) is 0 Å². The number of nitrogens with one attached hydrogen (secondary N) is 1. The van der Waals surface area contributed by atoms with Gasteiger partial charge in [0.15, 0.2) is 0 Å². The highest BCUT2D eigenvalue weighted by Crippen LogP contribution is 1.92. The molecule has 2 N–H and O–H groups in total. The van der Waals surface area contributed by atoms with Gasteiger partial charge < -0.3 is 15.2 Å². The minimum atomic E-state index is -1.67. The lowest BCUT2D eigenvalue weighted by atomic mass is 10.2. The van der Waals surface area contributed by atoms with Gasteiger partial charge in [-0.05, 0) is 6.42 Å². The van der Waals surface area contributed by atoms with E-state index < -0.39 is 12.4 Å². The molecular weight excluding hydrogens is 172 g/mol. The van der Waals surface area contributed by atoms with Crippen LogP contribution < -0.4 is 5.32 Å². The number of hydrogen-bond acceptors (Lipinski definition) is 4. The fourth-order valence-corrected chi connectivity index (χ4v) is 0.735. The first-order valence-electron chi connectivity index (χ1n) is 4.23. The fraction of sp³-hybridized carbons (Fsp3) is 0.750. The molecular formula is C8H14N2O3. The maximum Gasteiger partial charge on any atom is 0.410 e. The summed E-state index contributed by atoms with van der Waals surface area (Å²) in [6.07, 6.45) is 0.531. The molecule has 0 rings (SSSR count). The van der Waals surface area contributed by atoms with Gasteiger partial charge in [0.05, 0.1) is 0 Å². The van der Waals surface area contributed by atoms with Gasteiger partial charge in [0.1, 0.15) is 6.07 Å².